The van der Waals surface area contributed by atoms with Gasteiger partial charge in [-0.15, -0.1) is 0 Å². The number of aryl methyl sites for hydroxylation is 1. The molecule has 0 saturated heterocycles. The minimum absolute atomic E-state index is 0.145. The monoisotopic (exact) mass is 280 g/mol. The molecule has 0 spiro atoms. The molecule has 20 heavy (non-hydrogen) atoms. The summed E-state index contributed by atoms with van der Waals surface area (Å²) in [7, 11) is 0. The average molecular weight is 280 g/mol. The van der Waals surface area contributed by atoms with Crippen molar-refractivity contribution in [1.29, 1.82) is 0 Å². The Labute approximate surface area is 117 Å². The van der Waals surface area contributed by atoms with Crippen molar-refractivity contribution in [3.05, 3.63) is 47.0 Å². The first-order chi connectivity index (χ1) is 9.65. The van der Waals surface area contributed by atoms with E-state index in [1.165, 1.54) is 5.57 Å². The molecular formula is C15H18F2N2O. The Morgan fingerprint density at radius 3 is 2.95 bits per heavy atom. The van der Waals surface area contributed by atoms with Crippen molar-refractivity contribution in [2.45, 2.75) is 19.3 Å². The number of hydrogen-bond acceptors (Lipinski definition) is 2. The second-order valence-corrected chi connectivity index (χ2v) is 4.83. The molecule has 1 aromatic rings. The summed E-state index contributed by atoms with van der Waals surface area (Å²) in [5.41, 5.74) is 1.44. The molecular weight excluding hydrogens is 262 g/mol. The van der Waals surface area contributed by atoms with E-state index >= 15 is 0 Å². The molecule has 2 rings (SSSR count). The van der Waals surface area contributed by atoms with Crippen LogP contribution in [0, 0.1) is 11.6 Å². The van der Waals surface area contributed by atoms with Gasteiger partial charge in [0.25, 0.3) is 0 Å². The Kier molecular flexibility index (Phi) is 5.24. The van der Waals surface area contributed by atoms with E-state index in [1.807, 2.05) is 0 Å². The minimum atomic E-state index is -0.485. The van der Waals surface area contributed by atoms with Gasteiger partial charge in [-0.25, -0.2) is 8.78 Å². The van der Waals surface area contributed by atoms with Crippen LogP contribution in [0.5, 0.6) is 0 Å². The Morgan fingerprint density at radius 2 is 2.20 bits per heavy atom. The first-order valence-corrected chi connectivity index (χ1v) is 6.74. The number of hydrogen-bond donors (Lipinski definition) is 2. The lowest BCUT2D eigenvalue weighted by Gasteiger charge is -2.14. The lowest BCUT2D eigenvalue weighted by Crippen LogP contribution is -2.29. The standard InChI is InChI=1S/C15H18F2N2O/c16-13-2-3-14(17)12(9-13)1-4-15(20)19-10-11-5-7-18-8-6-11/h2-3,5,9,18H,1,4,6-8,10H2,(H,19,20). The van der Waals surface area contributed by atoms with Crippen LogP contribution in [0.15, 0.2) is 29.8 Å². The zero-order valence-electron chi connectivity index (χ0n) is 11.2. The first kappa shape index (κ1) is 14.7. The van der Waals surface area contributed by atoms with Crippen LogP contribution in [-0.2, 0) is 11.2 Å². The molecule has 0 atom stereocenters. The molecule has 1 heterocycles. The van der Waals surface area contributed by atoms with Gasteiger partial charge in [-0.1, -0.05) is 11.6 Å². The maximum atomic E-state index is 13.4. The fraction of sp³-hybridized carbons (Fsp3) is 0.400. The Balaban J connectivity index is 1.77. The van der Waals surface area contributed by atoms with Gasteiger partial charge in [0.1, 0.15) is 11.6 Å². The number of benzene rings is 1. The topological polar surface area (TPSA) is 41.1 Å². The maximum absolute atomic E-state index is 13.4. The average Bonchev–Trinajstić information content (AvgIpc) is 2.47. The number of carbonyl (C=O) groups is 1. The summed E-state index contributed by atoms with van der Waals surface area (Å²) >= 11 is 0. The summed E-state index contributed by atoms with van der Waals surface area (Å²) in [5.74, 6) is -1.10. The molecule has 1 aliphatic rings. The van der Waals surface area contributed by atoms with Gasteiger partial charge in [-0.05, 0) is 43.1 Å². The van der Waals surface area contributed by atoms with Gasteiger partial charge in [0.05, 0.1) is 0 Å². The number of nitrogens with one attached hydrogen (secondary N) is 2. The van der Waals surface area contributed by atoms with Crippen LogP contribution in [0.4, 0.5) is 8.78 Å². The fourth-order valence-electron chi connectivity index (χ4n) is 2.11. The van der Waals surface area contributed by atoms with E-state index in [-0.39, 0.29) is 24.3 Å². The van der Waals surface area contributed by atoms with E-state index < -0.39 is 11.6 Å². The maximum Gasteiger partial charge on any atom is 0.220 e. The summed E-state index contributed by atoms with van der Waals surface area (Å²) in [6.45, 7) is 2.29. The van der Waals surface area contributed by atoms with Crippen LogP contribution in [0.2, 0.25) is 0 Å². The molecule has 5 heteroatoms. The van der Waals surface area contributed by atoms with Crippen molar-refractivity contribution in [3.63, 3.8) is 0 Å². The molecule has 0 unspecified atom stereocenters. The highest BCUT2D eigenvalue weighted by atomic mass is 19.1. The summed E-state index contributed by atoms with van der Waals surface area (Å²) in [6.07, 6.45) is 3.36. The minimum Gasteiger partial charge on any atom is -0.352 e. The van der Waals surface area contributed by atoms with Crippen LogP contribution in [-0.4, -0.2) is 25.5 Å². The highest BCUT2D eigenvalue weighted by Gasteiger charge is 2.09. The van der Waals surface area contributed by atoms with Crippen LogP contribution < -0.4 is 10.6 Å². The molecule has 1 aromatic carbocycles. The van der Waals surface area contributed by atoms with E-state index in [0.717, 1.165) is 37.7 Å². The van der Waals surface area contributed by atoms with Crippen LogP contribution >= 0.6 is 0 Å². The predicted molar refractivity (Wildman–Crippen MR) is 73.3 cm³/mol. The molecule has 1 amide bonds. The molecule has 0 aliphatic carbocycles. The SMILES string of the molecule is O=C(CCc1cc(F)ccc1F)NCC1=CCNCC1. The molecule has 3 nitrogen and oxygen atoms in total. The van der Waals surface area contributed by atoms with E-state index in [9.17, 15) is 13.6 Å². The van der Waals surface area contributed by atoms with Crippen molar-refractivity contribution < 1.29 is 13.6 Å². The third kappa shape index (κ3) is 4.42. The predicted octanol–water partition coefficient (Wildman–Crippen LogP) is 1.93. The molecule has 0 saturated carbocycles. The highest BCUT2D eigenvalue weighted by molar-refractivity contribution is 5.76. The molecule has 1 aliphatic heterocycles. The quantitative estimate of drug-likeness (QED) is 0.809. The Bertz CT molecular complexity index is 515. The molecule has 0 radical (unpaired) electrons. The van der Waals surface area contributed by atoms with Gasteiger partial charge in [0, 0.05) is 19.5 Å². The number of rotatable bonds is 5. The van der Waals surface area contributed by atoms with Crippen molar-refractivity contribution in [2.24, 2.45) is 0 Å². The van der Waals surface area contributed by atoms with Gasteiger partial charge in [0.15, 0.2) is 0 Å². The van der Waals surface area contributed by atoms with Gasteiger partial charge in [0.2, 0.25) is 5.91 Å². The molecule has 2 N–H and O–H groups in total. The van der Waals surface area contributed by atoms with Gasteiger partial charge >= 0.3 is 0 Å². The van der Waals surface area contributed by atoms with Crippen molar-refractivity contribution in [2.75, 3.05) is 19.6 Å². The lowest BCUT2D eigenvalue weighted by atomic mass is 10.1. The largest absolute Gasteiger partial charge is 0.352 e. The lowest BCUT2D eigenvalue weighted by molar-refractivity contribution is -0.120. The van der Waals surface area contributed by atoms with E-state index in [2.05, 4.69) is 16.7 Å². The van der Waals surface area contributed by atoms with Gasteiger partial charge in [-0.3, -0.25) is 4.79 Å². The number of halogens is 2. The van der Waals surface area contributed by atoms with E-state index in [1.54, 1.807) is 0 Å². The van der Waals surface area contributed by atoms with Crippen molar-refractivity contribution in [3.8, 4) is 0 Å². The number of carbonyl (C=O) groups excluding carboxylic acids is 1. The zero-order chi connectivity index (χ0) is 14.4. The third-order valence-corrected chi connectivity index (χ3v) is 3.30. The summed E-state index contributed by atoms with van der Waals surface area (Å²) < 4.78 is 26.4. The zero-order valence-corrected chi connectivity index (χ0v) is 11.2. The molecule has 0 aromatic heterocycles. The summed E-state index contributed by atoms with van der Waals surface area (Å²) in [6, 6.07) is 3.29. The molecule has 108 valence electrons. The summed E-state index contributed by atoms with van der Waals surface area (Å²) in [4.78, 5) is 11.7. The fourth-order valence-corrected chi connectivity index (χ4v) is 2.11. The second kappa shape index (κ2) is 7.14. The van der Waals surface area contributed by atoms with Crippen molar-refractivity contribution >= 4 is 5.91 Å². The smallest absolute Gasteiger partial charge is 0.220 e. The van der Waals surface area contributed by atoms with Gasteiger partial charge < -0.3 is 10.6 Å². The number of amides is 1. The third-order valence-electron chi connectivity index (χ3n) is 3.30. The van der Waals surface area contributed by atoms with E-state index in [0.29, 0.717) is 6.54 Å². The van der Waals surface area contributed by atoms with Crippen LogP contribution in [0.1, 0.15) is 18.4 Å². The molecule has 0 bridgehead atoms. The second-order valence-electron chi connectivity index (χ2n) is 4.83. The van der Waals surface area contributed by atoms with Crippen LogP contribution in [0.3, 0.4) is 0 Å². The Hall–Kier alpha value is -1.75. The first-order valence-electron chi connectivity index (χ1n) is 6.74. The van der Waals surface area contributed by atoms with Crippen molar-refractivity contribution in [1.82, 2.24) is 10.6 Å². The highest BCUT2D eigenvalue weighted by Crippen LogP contribution is 2.11. The Morgan fingerprint density at radius 1 is 1.35 bits per heavy atom. The molecule has 0 fully saturated rings. The normalized spacial score (nSPS) is 14.8. The van der Waals surface area contributed by atoms with Gasteiger partial charge in [-0.2, -0.15) is 0 Å². The van der Waals surface area contributed by atoms with Crippen LogP contribution in [0.25, 0.3) is 0 Å². The van der Waals surface area contributed by atoms with E-state index in [4.69, 9.17) is 0 Å². The summed E-state index contributed by atoms with van der Waals surface area (Å²) in [5, 5.41) is 6.00.